The Kier molecular flexibility index (Phi) is 4.36. The largest absolute Gasteiger partial charge is 0.396 e. The summed E-state index contributed by atoms with van der Waals surface area (Å²) in [6.07, 6.45) is 1.19. The van der Waals surface area contributed by atoms with Crippen molar-refractivity contribution in [3.8, 4) is 0 Å². The third-order valence-corrected chi connectivity index (χ3v) is 5.24. The van der Waals surface area contributed by atoms with Gasteiger partial charge in [0.05, 0.1) is 0 Å². The third-order valence-electron chi connectivity index (χ3n) is 3.36. The number of piperidine rings is 1. The molecule has 1 unspecified atom stereocenters. The summed E-state index contributed by atoms with van der Waals surface area (Å²) in [5, 5.41) is 9.08. The minimum atomic E-state index is -4.23. The maximum absolute atomic E-state index is 13.6. The van der Waals surface area contributed by atoms with Gasteiger partial charge in [-0.05, 0) is 30.9 Å². The highest BCUT2D eigenvalue weighted by atomic mass is 32.2. The Morgan fingerprint density at radius 2 is 1.95 bits per heavy atom. The normalized spacial score (nSPS) is 21.1. The predicted molar refractivity (Wildman–Crippen MR) is 64.9 cm³/mol. The lowest BCUT2D eigenvalue weighted by molar-refractivity contribution is 0.165. The van der Waals surface area contributed by atoms with Gasteiger partial charge >= 0.3 is 0 Å². The topological polar surface area (TPSA) is 57.6 Å². The molecule has 112 valence electrons. The zero-order valence-electron chi connectivity index (χ0n) is 10.5. The van der Waals surface area contributed by atoms with Gasteiger partial charge in [-0.2, -0.15) is 4.31 Å². The molecule has 0 spiro atoms. The van der Waals surface area contributed by atoms with E-state index >= 15 is 0 Å². The fraction of sp³-hybridized carbons (Fsp3) is 0.500. The Hall–Kier alpha value is -1.12. The quantitative estimate of drug-likeness (QED) is 0.861. The fourth-order valence-corrected chi connectivity index (χ4v) is 3.85. The van der Waals surface area contributed by atoms with E-state index in [2.05, 4.69) is 0 Å². The molecule has 0 amide bonds. The molecule has 8 heteroatoms. The number of halogens is 3. The molecule has 1 fully saturated rings. The van der Waals surface area contributed by atoms with Gasteiger partial charge < -0.3 is 5.11 Å². The number of rotatable bonds is 3. The first-order chi connectivity index (χ1) is 9.37. The number of hydrogen-bond donors (Lipinski definition) is 1. The maximum Gasteiger partial charge on any atom is 0.246 e. The van der Waals surface area contributed by atoms with Crippen LogP contribution in [0.4, 0.5) is 13.2 Å². The molecular formula is C12H14F3NO3S. The standard InChI is InChI=1S/C12H14F3NO3S/c13-9-3-4-10(12(15)11(9)14)20(18,19)16-5-1-2-8(6-16)7-17/h3-4,8,17H,1-2,5-7H2. The summed E-state index contributed by atoms with van der Waals surface area (Å²) < 4.78 is 65.1. The van der Waals surface area contributed by atoms with Gasteiger partial charge in [0.25, 0.3) is 0 Å². The van der Waals surface area contributed by atoms with Crippen LogP contribution in [0.1, 0.15) is 12.8 Å². The van der Waals surface area contributed by atoms with Crippen molar-refractivity contribution in [3.63, 3.8) is 0 Å². The molecule has 20 heavy (non-hydrogen) atoms. The lowest BCUT2D eigenvalue weighted by Crippen LogP contribution is -2.41. The summed E-state index contributed by atoms with van der Waals surface area (Å²) in [6.45, 7) is 0.0286. The van der Waals surface area contributed by atoms with Crippen LogP contribution < -0.4 is 0 Å². The molecule has 2 rings (SSSR count). The van der Waals surface area contributed by atoms with Crippen molar-refractivity contribution in [2.75, 3.05) is 19.7 Å². The smallest absolute Gasteiger partial charge is 0.246 e. The number of benzene rings is 1. The van der Waals surface area contributed by atoms with Gasteiger partial charge in [-0.15, -0.1) is 0 Å². The van der Waals surface area contributed by atoms with Gasteiger partial charge in [0, 0.05) is 19.7 Å². The number of aliphatic hydroxyl groups excluding tert-OH is 1. The maximum atomic E-state index is 13.6. The highest BCUT2D eigenvalue weighted by Crippen LogP contribution is 2.26. The average molecular weight is 309 g/mol. The van der Waals surface area contributed by atoms with Crippen LogP contribution in [0, 0.1) is 23.4 Å². The first-order valence-corrected chi connectivity index (χ1v) is 7.56. The molecule has 0 aliphatic carbocycles. The Morgan fingerprint density at radius 3 is 2.60 bits per heavy atom. The summed E-state index contributed by atoms with van der Waals surface area (Å²) in [6, 6.07) is 1.30. The number of nitrogens with zero attached hydrogens (tertiary/aromatic N) is 1. The van der Waals surface area contributed by atoms with Crippen LogP contribution in [-0.4, -0.2) is 37.5 Å². The van der Waals surface area contributed by atoms with E-state index in [1.54, 1.807) is 0 Å². The zero-order chi connectivity index (χ0) is 14.9. The Morgan fingerprint density at radius 1 is 1.25 bits per heavy atom. The van der Waals surface area contributed by atoms with Crippen LogP contribution in [0.15, 0.2) is 17.0 Å². The Balaban J connectivity index is 2.38. The molecule has 1 aliphatic rings. The summed E-state index contributed by atoms with van der Waals surface area (Å²) in [5.41, 5.74) is 0. The van der Waals surface area contributed by atoms with Crippen LogP contribution in [-0.2, 0) is 10.0 Å². The van der Waals surface area contributed by atoms with E-state index in [1.165, 1.54) is 0 Å². The highest BCUT2D eigenvalue weighted by molar-refractivity contribution is 7.89. The van der Waals surface area contributed by atoms with Crippen molar-refractivity contribution in [1.82, 2.24) is 4.31 Å². The predicted octanol–water partition coefficient (Wildman–Crippen LogP) is 1.50. The van der Waals surface area contributed by atoms with Gasteiger partial charge in [0.2, 0.25) is 10.0 Å². The molecule has 0 aromatic heterocycles. The first kappa shape index (κ1) is 15.3. The molecule has 0 radical (unpaired) electrons. The fourth-order valence-electron chi connectivity index (χ4n) is 2.24. The second kappa shape index (κ2) is 5.71. The van der Waals surface area contributed by atoms with E-state index in [4.69, 9.17) is 5.11 Å². The number of sulfonamides is 1. The second-order valence-corrected chi connectivity index (χ2v) is 6.63. The van der Waals surface area contributed by atoms with E-state index in [1.807, 2.05) is 0 Å². The lowest BCUT2D eigenvalue weighted by atomic mass is 10.0. The average Bonchev–Trinajstić information content (AvgIpc) is 2.44. The molecule has 4 nitrogen and oxygen atoms in total. The van der Waals surface area contributed by atoms with Crippen molar-refractivity contribution < 1.29 is 26.7 Å². The van der Waals surface area contributed by atoms with E-state index in [-0.39, 0.29) is 25.6 Å². The van der Waals surface area contributed by atoms with Crippen molar-refractivity contribution >= 4 is 10.0 Å². The summed E-state index contributed by atoms with van der Waals surface area (Å²) in [4.78, 5) is -0.880. The van der Waals surface area contributed by atoms with Crippen molar-refractivity contribution in [2.45, 2.75) is 17.7 Å². The molecule has 1 atom stereocenters. The molecule has 1 heterocycles. The molecule has 1 aliphatic heterocycles. The van der Waals surface area contributed by atoms with E-state index in [0.717, 1.165) is 4.31 Å². The third kappa shape index (κ3) is 2.68. The van der Waals surface area contributed by atoms with Gasteiger partial charge in [0.1, 0.15) is 4.90 Å². The monoisotopic (exact) mass is 309 g/mol. The highest BCUT2D eigenvalue weighted by Gasteiger charge is 2.33. The van der Waals surface area contributed by atoms with Crippen LogP contribution >= 0.6 is 0 Å². The van der Waals surface area contributed by atoms with Gasteiger partial charge in [0.15, 0.2) is 17.5 Å². The lowest BCUT2D eigenvalue weighted by Gasteiger charge is -2.31. The summed E-state index contributed by atoms with van der Waals surface area (Å²) >= 11 is 0. The van der Waals surface area contributed by atoms with Crippen LogP contribution in [0.25, 0.3) is 0 Å². The van der Waals surface area contributed by atoms with Gasteiger partial charge in [-0.1, -0.05) is 0 Å². The van der Waals surface area contributed by atoms with Gasteiger partial charge in [-0.25, -0.2) is 21.6 Å². The van der Waals surface area contributed by atoms with Crippen LogP contribution in [0.3, 0.4) is 0 Å². The molecule has 1 aromatic rings. The summed E-state index contributed by atoms with van der Waals surface area (Å²) in [7, 11) is -4.23. The second-order valence-electron chi connectivity index (χ2n) is 4.73. The SMILES string of the molecule is O=S(=O)(c1ccc(F)c(F)c1F)N1CCCC(CO)C1. The molecule has 1 aromatic carbocycles. The van der Waals surface area contributed by atoms with E-state index in [9.17, 15) is 21.6 Å². The van der Waals surface area contributed by atoms with Crippen LogP contribution in [0.5, 0.6) is 0 Å². The van der Waals surface area contributed by atoms with E-state index < -0.39 is 32.4 Å². The Bertz CT molecular complexity index is 606. The van der Waals surface area contributed by atoms with Gasteiger partial charge in [-0.3, -0.25) is 0 Å². The molecule has 0 bridgehead atoms. The summed E-state index contributed by atoms with van der Waals surface area (Å²) in [5.74, 6) is -5.18. The zero-order valence-corrected chi connectivity index (χ0v) is 11.3. The Labute approximate surface area is 114 Å². The number of aliphatic hydroxyl groups is 1. The van der Waals surface area contributed by atoms with Crippen LogP contribution in [0.2, 0.25) is 0 Å². The minimum Gasteiger partial charge on any atom is -0.396 e. The van der Waals surface area contributed by atoms with Crippen molar-refractivity contribution in [3.05, 3.63) is 29.6 Å². The number of hydrogen-bond acceptors (Lipinski definition) is 3. The molecule has 1 N–H and O–H groups in total. The molecule has 1 saturated heterocycles. The van der Waals surface area contributed by atoms with Crippen molar-refractivity contribution in [1.29, 1.82) is 0 Å². The minimum absolute atomic E-state index is 0.0390. The van der Waals surface area contributed by atoms with Crippen molar-refractivity contribution in [2.24, 2.45) is 5.92 Å². The molecular weight excluding hydrogens is 295 g/mol. The first-order valence-electron chi connectivity index (χ1n) is 6.12. The van der Waals surface area contributed by atoms with E-state index in [0.29, 0.717) is 25.0 Å². The molecule has 0 saturated carbocycles.